The summed E-state index contributed by atoms with van der Waals surface area (Å²) >= 11 is 0. The van der Waals surface area contributed by atoms with Gasteiger partial charge in [0.05, 0.1) is 0 Å². The van der Waals surface area contributed by atoms with Crippen LogP contribution in [0.25, 0.3) is 0 Å². The van der Waals surface area contributed by atoms with Crippen molar-refractivity contribution in [2.75, 3.05) is 32.7 Å². The molecular weight excluding hydrogens is 386 g/mol. The fourth-order valence-corrected chi connectivity index (χ4v) is 6.02. The van der Waals surface area contributed by atoms with Crippen LogP contribution in [0.15, 0.2) is 24.3 Å². The van der Waals surface area contributed by atoms with E-state index in [2.05, 4.69) is 29.8 Å². The predicted molar refractivity (Wildman–Crippen MR) is 125 cm³/mol. The average Bonchev–Trinajstić information content (AvgIpc) is 3.08. The molecule has 4 rings (SSSR count). The second kappa shape index (κ2) is 8.70. The average molecular weight is 424 g/mol. The zero-order chi connectivity index (χ0) is 22.2. The van der Waals surface area contributed by atoms with Gasteiger partial charge in [-0.15, -0.1) is 0 Å². The van der Waals surface area contributed by atoms with Gasteiger partial charge in [-0.3, -0.25) is 4.79 Å². The van der Waals surface area contributed by atoms with Crippen LogP contribution < -0.4 is 0 Å². The van der Waals surface area contributed by atoms with Crippen molar-refractivity contribution in [2.45, 2.75) is 58.8 Å². The first-order chi connectivity index (χ1) is 14.9. The van der Waals surface area contributed by atoms with E-state index in [1.807, 2.05) is 30.9 Å². The number of nitrogens with zero attached hydrogens (tertiary/aromatic N) is 2. The number of hydrogen-bond donors (Lipinski definition) is 2. The molecule has 5 nitrogen and oxygen atoms in total. The number of phenols is 1. The lowest BCUT2D eigenvalue weighted by atomic mass is 9.58. The van der Waals surface area contributed by atoms with Crippen molar-refractivity contribution in [2.24, 2.45) is 5.92 Å². The Morgan fingerprint density at radius 2 is 2.06 bits per heavy atom. The molecule has 1 aliphatic heterocycles. The van der Waals surface area contributed by atoms with Gasteiger partial charge in [0, 0.05) is 30.7 Å². The number of aromatic nitrogens is 1. The minimum atomic E-state index is 0.00277. The Morgan fingerprint density at radius 1 is 1.29 bits per heavy atom. The number of H-pyrrole nitrogens is 1. The molecule has 2 heterocycles. The molecule has 1 amide bonds. The lowest BCUT2D eigenvalue weighted by Crippen LogP contribution is -2.53. The summed E-state index contributed by atoms with van der Waals surface area (Å²) in [5.74, 6) is 0.930. The van der Waals surface area contributed by atoms with Crippen LogP contribution >= 0.6 is 0 Å². The van der Waals surface area contributed by atoms with E-state index in [9.17, 15) is 9.90 Å². The number of carbonyl (C=O) groups excluding carboxylic acids is 1. The Bertz CT molecular complexity index is 946. The van der Waals surface area contributed by atoms with Crippen molar-refractivity contribution in [1.82, 2.24) is 14.8 Å². The van der Waals surface area contributed by atoms with E-state index >= 15 is 0 Å². The fourth-order valence-electron chi connectivity index (χ4n) is 6.02. The lowest BCUT2D eigenvalue weighted by molar-refractivity contribution is 0.0766. The second-order valence-corrected chi connectivity index (χ2v) is 9.39. The third-order valence-electron chi connectivity index (χ3n) is 7.77. The van der Waals surface area contributed by atoms with E-state index in [1.54, 1.807) is 6.07 Å². The Kier molecular flexibility index (Phi) is 6.16. The van der Waals surface area contributed by atoms with Gasteiger partial charge in [0.2, 0.25) is 0 Å². The summed E-state index contributed by atoms with van der Waals surface area (Å²) in [6.45, 7) is 13.2. The molecular formula is C26H37N3O2. The van der Waals surface area contributed by atoms with E-state index < -0.39 is 0 Å². The molecule has 1 fully saturated rings. The number of aromatic hydroxyl groups is 1. The van der Waals surface area contributed by atoms with Crippen molar-refractivity contribution >= 4 is 5.91 Å². The molecule has 168 valence electrons. The Hall–Kier alpha value is -2.27. The number of amides is 1. The van der Waals surface area contributed by atoms with Crippen LogP contribution in [0.2, 0.25) is 0 Å². The number of phenolic OH excluding ortho intramolecular Hbond substituents is 1. The molecule has 0 spiro atoms. The number of benzene rings is 1. The Labute approximate surface area is 186 Å². The normalized spacial score (nSPS) is 23.3. The highest BCUT2D eigenvalue weighted by atomic mass is 16.3. The van der Waals surface area contributed by atoms with Gasteiger partial charge in [-0.2, -0.15) is 0 Å². The maximum absolute atomic E-state index is 13.1. The van der Waals surface area contributed by atoms with Gasteiger partial charge in [0.15, 0.2) is 0 Å². The molecule has 2 atom stereocenters. The monoisotopic (exact) mass is 423 g/mol. The molecule has 0 bridgehead atoms. The van der Waals surface area contributed by atoms with Crippen molar-refractivity contribution in [1.29, 1.82) is 0 Å². The molecule has 2 aromatic rings. The standard InChI is InChI=1S/C26H37N3O2/c1-5-12-28-13-11-26(19-9-8-10-21(30)14-19)16-23-22(15-20(26)17-28)18(4)24(27-23)25(31)29(6-2)7-3/h8-10,14,20,27,30H,5-7,11-13,15-17H2,1-4H3/t20-,26+/m1/s1. The number of nitrogens with one attached hydrogen (secondary N) is 1. The largest absolute Gasteiger partial charge is 0.508 e. The smallest absolute Gasteiger partial charge is 0.270 e. The number of aromatic amines is 1. The van der Waals surface area contributed by atoms with Gasteiger partial charge in [0.25, 0.3) is 5.91 Å². The van der Waals surface area contributed by atoms with E-state index in [4.69, 9.17) is 0 Å². The Morgan fingerprint density at radius 3 is 2.74 bits per heavy atom. The van der Waals surface area contributed by atoms with E-state index in [0.717, 1.165) is 63.2 Å². The third kappa shape index (κ3) is 3.78. The molecule has 1 aliphatic carbocycles. The summed E-state index contributed by atoms with van der Waals surface area (Å²) in [5.41, 5.74) is 5.70. The van der Waals surface area contributed by atoms with Crippen molar-refractivity contribution in [3.63, 3.8) is 0 Å². The van der Waals surface area contributed by atoms with Crippen LogP contribution in [0.4, 0.5) is 0 Å². The fraction of sp³-hybridized carbons (Fsp3) is 0.577. The molecule has 2 aliphatic rings. The van der Waals surface area contributed by atoms with Crippen molar-refractivity contribution < 1.29 is 9.90 Å². The summed E-state index contributed by atoms with van der Waals surface area (Å²) in [6, 6.07) is 7.88. The number of piperidine rings is 1. The summed E-state index contributed by atoms with van der Waals surface area (Å²) in [4.78, 5) is 21.2. The van der Waals surface area contributed by atoms with Crippen LogP contribution in [-0.2, 0) is 18.3 Å². The predicted octanol–water partition coefficient (Wildman–Crippen LogP) is 4.28. The molecule has 31 heavy (non-hydrogen) atoms. The molecule has 0 saturated carbocycles. The van der Waals surface area contributed by atoms with Gasteiger partial charge in [-0.05, 0) is 94.3 Å². The van der Waals surface area contributed by atoms with E-state index in [-0.39, 0.29) is 11.3 Å². The first kappa shape index (κ1) is 21.9. The van der Waals surface area contributed by atoms with Crippen LogP contribution in [0.3, 0.4) is 0 Å². The molecule has 1 aromatic carbocycles. The SMILES string of the molecule is CCCN1CC[C@@]2(c3cccc(O)c3)Cc3[nH]c(C(=O)N(CC)CC)c(C)c3C[C@@H]2C1. The highest BCUT2D eigenvalue weighted by Crippen LogP contribution is 2.49. The molecule has 0 radical (unpaired) electrons. The molecule has 5 heteroatoms. The number of hydrogen-bond acceptors (Lipinski definition) is 3. The van der Waals surface area contributed by atoms with Crippen molar-refractivity contribution in [3.05, 3.63) is 52.3 Å². The van der Waals surface area contributed by atoms with Crippen LogP contribution in [0.1, 0.15) is 66.5 Å². The van der Waals surface area contributed by atoms with Gasteiger partial charge in [-0.25, -0.2) is 0 Å². The zero-order valence-corrected chi connectivity index (χ0v) is 19.5. The first-order valence-corrected chi connectivity index (χ1v) is 11.9. The quantitative estimate of drug-likeness (QED) is 0.729. The number of likely N-dealkylation sites (tertiary alicyclic amines) is 1. The summed E-state index contributed by atoms with van der Waals surface area (Å²) in [7, 11) is 0. The second-order valence-electron chi connectivity index (χ2n) is 9.39. The lowest BCUT2D eigenvalue weighted by Gasteiger charge is -2.51. The highest BCUT2D eigenvalue weighted by molar-refractivity contribution is 5.94. The van der Waals surface area contributed by atoms with Crippen LogP contribution in [0, 0.1) is 12.8 Å². The van der Waals surface area contributed by atoms with Gasteiger partial charge in [-0.1, -0.05) is 19.1 Å². The molecule has 0 unspecified atom stereocenters. The van der Waals surface area contributed by atoms with Gasteiger partial charge < -0.3 is 19.9 Å². The van der Waals surface area contributed by atoms with E-state index in [0.29, 0.717) is 11.7 Å². The molecule has 2 N–H and O–H groups in total. The van der Waals surface area contributed by atoms with Crippen LogP contribution in [0.5, 0.6) is 5.75 Å². The number of carbonyl (C=O) groups is 1. The highest BCUT2D eigenvalue weighted by Gasteiger charge is 2.48. The molecule has 1 saturated heterocycles. The minimum absolute atomic E-state index is 0.00277. The zero-order valence-electron chi connectivity index (χ0n) is 19.5. The Balaban J connectivity index is 1.76. The summed E-state index contributed by atoms with van der Waals surface area (Å²) in [5, 5.41) is 10.2. The van der Waals surface area contributed by atoms with Crippen LogP contribution in [-0.4, -0.2) is 58.5 Å². The third-order valence-corrected chi connectivity index (χ3v) is 7.77. The molecule has 1 aromatic heterocycles. The minimum Gasteiger partial charge on any atom is -0.508 e. The maximum Gasteiger partial charge on any atom is 0.270 e. The first-order valence-electron chi connectivity index (χ1n) is 11.9. The summed E-state index contributed by atoms with van der Waals surface area (Å²) in [6.07, 6.45) is 4.14. The van der Waals surface area contributed by atoms with Crippen molar-refractivity contribution in [3.8, 4) is 5.75 Å². The topological polar surface area (TPSA) is 59.6 Å². The number of fused-ring (bicyclic) bond motifs is 2. The number of rotatable bonds is 6. The maximum atomic E-state index is 13.1. The summed E-state index contributed by atoms with van der Waals surface area (Å²) < 4.78 is 0. The van der Waals surface area contributed by atoms with Gasteiger partial charge >= 0.3 is 0 Å². The van der Waals surface area contributed by atoms with E-state index in [1.165, 1.54) is 23.2 Å². The van der Waals surface area contributed by atoms with Gasteiger partial charge in [0.1, 0.15) is 11.4 Å².